The van der Waals surface area contributed by atoms with Crippen LogP contribution in [0.2, 0.25) is 0 Å². The molecule has 0 amide bonds. The van der Waals surface area contributed by atoms with Crippen molar-refractivity contribution in [2.75, 3.05) is 0 Å². The number of hydrogen-bond donors (Lipinski definition) is 0. The van der Waals surface area contributed by atoms with Gasteiger partial charge in [-0.1, -0.05) is 76.8 Å². The van der Waals surface area contributed by atoms with E-state index in [-0.39, 0.29) is 41.3 Å². The van der Waals surface area contributed by atoms with E-state index < -0.39 is 75.1 Å². The Morgan fingerprint density at radius 1 is 0.577 bits per heavy atom. The van der Waals surface area contributed by atoms with Crippen LogP contribution < -0.4 is 4.74 Å². The highest BCUT2D eigenvalue weighted by Crippen LogP contribution is 2.41. The molecule has 0 saturated heterocycles. The van der Waals surface area contributed by atoms with Crippen molar-refractivity contribution in [1.82, 2.24) is 0 Å². The van der Waals surface area contributed by atoms with Gasteiger partial charge in [-0.25, -0.2) is 35.1 Å². The SMILES string of the molecule is CCCCCCCCCCC1CCC(c2ccc(-c3cc(F)c(-c4cc(F)c(C(F)(F)Oc5cc(F)c(F)c(F)c5)c(F)c4)c(F)c3)c(F)c2)CC1. The lowest BCUT2D eigenvalue weighted by molar-refractivity contribution is -0.189. The molecular weight excluding hydrogens is 698 g/mol. The minimum atomic E-state index is -4.89. The Hall–Kier alpha value is -4.02. The fraction of sp³-hybridized carbons (Fsp3) is 0.415. The number of rotatable bonds is 15. The molecule has 52 heavy (non-hydrogen) atoms. The molecule has 1 saturated carbocycles. The summed E-state index contributed by atoms with van der Waals surface area (Å²) in [6.45, 7) is 2.21. The van der Waals surface area contributed by atoms with Gasteiger partial charge in [0, 0.05) is 17.7 Å². The molecule has 0 radical (unpaired) electrons. The molecule has 1 fully saturated rings. The molecule has 1 aliphatic rings. The van der Waals surface area contributed by atoms with Crippen molar-refractivity contribution in [3.63, 3.8) is 0 Å². The van der Waals surface area contributed by atoms with Crippen LogP contribution in [-0.2, 0) is 6.11 Å². The van der Waals surface area contributed by atoms with Gasteiger partial charge in [-0.15, -0.1) is 0 Å². The standard InChI is InChI=1S/C41H40F10O/c1-2-3-4-5-6-7-8-9-10-24-11-13-25(14-12-24)26-15-16-30(31(42)17-26)27-18-32(43)38(33(44)19-27)28-20-34(45)39(35(46)21-28)41(50,51)52-29-22-36(47)40(49)37(48)23-29/h15-25H,2-14H2,1H3. The van der Waals surface area contributed by atoms with Crippen molar-refractivity contribution in [3.05, 3.63) is 112 Å². The van der Waals surface area contributed by atoms with E-state index in [2.05, 4.69) is 11.7 Å². The Kier molecular flexibility index (Phi) is 13.0. The molecule has 4 aromatic rings. The first kappa shape index (κ1) is 39.2. The van der Waals surface area contributed by atoms with E-state index in [1.165, 1.54) is 69.9 Å². The lowest BCUT2D eigenvalue weighted by Gasteiger charge is -2.29. The highest BCUT2D eigenvalue weighted by atomic mass is 19.3. The molecule has 0 aliphatic heterocycles. The van der Waals surface area contributed by atoms with Crippen molar-refractivity contribution in [2.45, 2.75) is 102 Å². The molecule has 280 valence electrons. The molecule has 0 heterocycles. The summed E-state index contributed by atoms with van der Waals surface area (Å²) in [4.78, 5) is 0. The molecule has 0 bridgehead atoms. The topological polar surface area (TPSA) is 9.23 Å². The van der Waals surface area contributed by atoms with E-state index in [1.54, 1.807) is 6.07 Å². The lowest BCUT2D eigenvalue weighted by Crippen LogP contribution is -2.25. The molecule has 1 aliphatic carbocycles. The summed E-state index contributed by atoms with van der Waals surface area (Å²) >= 11 is 0. The van der Waals surface area contributed by atoms with E-state index in [0.29, 0.717) is 5.92 Å². The minimum absolute atomic E-state index is 0.0447. The Balaban J connectivity index is 1.24. The highest BCUT2D eigenvalue weighted by molar-refractivity contribution is 5.72. The average molecular weight is 739 g/mol. The first-order valence-electron chi connectivity index (χ1n) is 17.8. The molecule has 0 aromatic heterocycles. The van der Waals surface area contributed by atoms with E-state index in [9.17, 15) is 30.7 Å². The van der Waals surface area contributed by atoms with Gasteiger partial charge in [-0.2, -0.15) is 8.78 Å². The Morgan fingerprint density at radius 2 is 1.12 bits per heavy atom. The molecule has 0 N–H and O–H groups in total. The lowest BCUT2D eigenvalue weighted by atomic mass is 9.77. The van der Waals surface area contributed by atoms with Crippen molar-refractivity contribution >= 4 is 0 Å². The minimum Gasteiger partial charge on any atom is -0.429 e. The molecule has 0 atom stereocenters. The fourth-order valence-corrected chi connectivity index (χ4v) is 7.16. The Bertz CT molecular complexity index is 1780. The van der Waals surface area contributed by atoms with Gasteiger partial charge in [-0.05, 0) is 84.5 Å². The van der Waals surface area contributed by atoms with Crippen LogP contribution in [0, 0.1) is 52.5 Å². The van der Waals surface area contributed by atoms with Crippen molar-refractivity contribution in [2.24, 2.45) is 5.92 Å². The van der Waals surface area contributed by atoms with Crippen LogP contribution in [0.5, 0.6) is 5.75 Å². The number of halogens is 10. The van der Waals surface area contributed by atoms with Gasteiger partial charge in [0.05, 0.1) is 5.56 Å². The average Bonchev–Trinajstić information content (AvgIpc) is 3.07. The van der Waals surface area contributed by atoms with Gasteiger partial charge in [0.15, 0.2) is 17.5 Å². The van der Waals surface area contributed by atoms with Crippen LogP contribution in [0.4, 0.5) is 43.9 Å². The van der Waals surface area contributed by atoms with Crippen molar-refractivity contribution in [3.8, 4) is 28.0 Å². The van der Waals surface area contributed by atoms with E-state index >= 15 is 13.2 Å². The zero-order valence-corrected chi connectivity index (χ0v) is 28.7. The molecule has 5 rings (SSSR count). The second kappa shape index (κ2) is 17.2. The van der Waals surface area contributed by atoms with Crippen LogP contribution in [0.1, 0.15) is 107 Å². The van der Waals surface area contributed by atoms with Gasteiger partial charge in [0.1, 0.15) is 40.4 Å². The zero-order valence-electron chi connectivity index (χ0n) is 28.7. The summed E-state index contributed by atoms with van der Waals surface area (Å²) in [5.41, 5.74) is -3.30. The summed E-state index contributed by atoms with van der Waals surface area (Å²) in [6.07, 6.45) is 10.5. The van der Waals surface area contributed by atoms with E-state index in [1.807, 2.05) is 0 Å². The normalized spacial score (nSPS) is 16.4. The van der Waals surface area contributed by atoms with Gasteiger partial charge in [0.2, 0.25) is 0 Å². The third-order valence-corrected chi connectivity index (χ3v) is 9.96. The molecular formula is C41H40F10O. The first-order chi connectivity index (χ1) is 24.8. The van der Waals surface area contributed by atoms with Crippen LogP contribution in [0.3, 0.4) is 0 Å². The van der Waals surface area contributed by atoms with Gasteiger partial charge in [0.25, 0.3) is 0 Å². The number of alkyl halides is 2. The van der Waals surface area contributed by atoms with E-state index in [0.717, 1.165) is 43.4 Å². The number of unbranched alkanes of at least 4 members (excludes halogenated alkanes) is 7. The highest BCUT2D eigenvalue weighted by Gasteiger charge is 2.42. The van der Waals surface area contributed by atoms with Crippen LogP contribution >= 0.6 is 0 Å². The van der Waals surface area contributed by atoms with E-state index in [4.69, 9.17) is 0 Å². The predicted molar refractivity (Wildman–Crippen MR) is 180 cm³/mol. The summed E-state index contributed by atoms with van der Waals surface area (Å²) in [5.74, 6) is -13.6. The second-order valence-electron chi connectivity index (χ2n) is 13.7. The largest absolute Gasteiger partial charge is 0.432 e. The number of hydrogen-bond acceptors (Lipinski definition) is 1. The predicted octanol–water partition coefficient (Wildman–Crippen LogP) is 14.1. The number of benzene rings is 4. The van der Waals surface area contributed by atoms with Crippen LogP contribution in [0.25, 0.3) is 22.3 Å². The summed E-state index contributed by atoms with van der Waals surface area (Å²) < 4.78 is 150. The smallest absolute Gasteiger partial charge is 0.429 e. The molecule has 1 nitrogen and oxygen atoms in total. The molecule has 0 unspecified atom stereocenters. The Labute approximate surface area is 297 Å². The molecule has 4 aromatic carbocycles. The maximum absolute atomic E-state index is 15.4. The van der Waals surface area contributed by atoms with Crippen LogP contribution in [0.15, 0.2) is 54.6 Å². The van der Waals surface area contributed by atoms with Gasteiger partial charge in [-0.3, -0.25) is 0 Å². The fourth-order valence-electron chi connectivity index (χ4n) is 7.16. The van der Waals surface area contributed by atoms with Gasteiger partial charge < -0.3 is 4.74 Å². The summed E-state index contributed by atoms with van der Waals surface area (Å²) in [6, 6.07) is 6.60. The van der Waals surface area contributed by atoms with Crippen molar-refractivity contribution < 1.29 is 48.6 Å². The zero-order chi connectivity index (χ0) is 37.6. The Morgan fingerprint density at radius 3 is 1.67 bits per heavy atom. The molecule has 11 heteroatoms. The van der Waals surface area contributed by atoms with Gasteiger partial charge >= 0.3 is 6.11 Å². The third kappa shape index (κ3) is 9.31. The number of ether oxygens (including phenoxy) is 1. The maximum Gasteiger partial charge on any atom is 0.432 e. The first-order valence-corrected chi connectivity index (χ1v) is 17.8. The van der Waals surface area contributed by atoms with Crippen molar-refractivity contribution in [1.29, 1.82) is 0 Å². The summed E-state index contributed by atoms with van der Waals surface area (Å²) in [7, 11) is 0. The monoisotopic (exact) mass is 738 g/mol. The summed E-state index contributed by atoms with van der Waals surface area (Å²) in [5, 5.41) is 0. The van der Waals surface area contributed by atoms with Crippen LogP contribution in [-0.4, -0.2) is 0 Å². The quantitative estimate of drug-likeness (QED) is 0.0670. The molecule has 0 spiro atoms. The third-order valence-electron chi connectivity index (χ3n) is 9.96. The second-order valence-corrected chi connectivity index (χ2v) is 13.7. The maximum atomic E-state index is 15.4.